The molecule has 0 aliphatic rings. The third-order valence-corrected chi connectivity index (χ3v) is 3.38. The van der Waals surface area contributed by atoms with Crippen molar-refractivity contribution < 1.29 is 9.32 Å². The molecule has 0 unspecified atom stereocenters. The number of tetrazole rings is 1. The van der Waals surface area contributed by atoms with E-state index in [1.165, 1.54) is 11.0 Å². The number of amides is 1. The van der Waals surface area contributed by atoms with Crippen molar-refractivity contribution in [3.8, 4) is 17.1 Å². The summed E-state index contributed by atoms with van der Waals surface area (Å²) in [6.45, 7) is 0. The Kier molecular flexibility index (Phi) is 3.71. The molecule has 0 radical (unpaired) electrons. The molecule has 1 aromatic carbocycles. The van der Waals surface area contributed by atoms with E-state index in [-0.39, 0.29) is 5.76 Å². The topological polar surface area (TPSA) is 112 Å². The number of nitrogens with one attached hydrogen (secondary N) is 1. The Labute approximate surface area is 141 Å². The van der Waals surface area contributed by atoms with Crippen molar-refractivity contribution in [1.29, 1.82) is 0 Å². The Morgan fingerprint density at radius 3 is 2.84 bits per heavy atom. The number of hydrogen-bond donors (Lipinski definition) is 1. The molecule has 1 amide bonds. The number of aromatic nitrogens is 6. The van der Waals surface area contributed by atoms with Crippen molar-refractivity contribution in [2.75, 3.05) is 5.32 Å². The van der Waals surface area contributed by atoms with Crippen molar-refractivity contribution >= 4 is 11.6 Å². The normalized spacial score (nSPS) is 10.6. The van der Waals surface area contributed by atoms with Gasteiger partial charge in [0.25, 0.3) is 5.91 Å². The van der Waals surface area contributed by atoms with Gasteiger partial charge in [0.2, 0.25) is 5.76 Å². The second kappa shape index (κ2) is 6.32. The van der Waals surface area contributed by atoms with Crippen LogP contribution >= 0.6 is 0 Å². The predicted octanol–water partition coefficient (Wildman–Crippen LogP) is 1.96. The zero-order chi connectivity index (χ0) is 17.1. The largest absolute Gasteiger partial charge is 0.350 e. The second-order valence-electron chi connectivity index (χ2n) is 5.05. The Hall–Kier alpha value is -3.88. The van der Waals surface area contributed by atoms with Crippen LogP contribution in [-0.4, -0.2) is 36.3 Å². The van der Waals surface area contributed by atoms with Gasteiger partial charge in [0.15, 0.2) is 0 Å². The predicted molar refractivity (Wildman–Crippen MR) is 86.8 cm³/mol. The van der Waals surface area contributed by atoms with Gasteiger partial charge in [0.1, 0.15) is 12.0 Å². The van der Waals surface area contributed by atoms with E-state index in [0.717, 1.165) is 5.69 Å². The Morgan fingerprint density at radius 2 is 2.04 bits per heavy atom. The summed E-state index contributed by atoms with van der Waals surface area (Å²) in [5.74, 6) is -0.322. The average molecular weight is 333 g/mol. The summed E-state index contributed by atoms with van der Waals surface area (Å²) in [6.07, 6.45) is 3.12. The minimum atomic E-state index is -0.413. The molecule has 1 N–H and O–H groups in total. The molecule has 0 fully saturated rings. The van der Waals surface area contributed by atoms with Crippen LogP contribution in [0.5, 0.6) is 0 Å². The minimum Gasteiger partial charge on any atom is -0.350 e. The zero-order valence-electron chi connectivity index (χ0n) is 12.8. The van der Waals surface area contributed by atoms with Crippen LogP contribution in [-0.2, 0) is 0 Å². The summed E-state index contributed by atoms with van der Waals surface area (Å²) in [7, 11) is 0. The molecule has 4 aromatic rings. The van der Waals surface area contributed by atoms with Gasteiger partial charge < -0.3 is 9.84 Å². The first kappa shape index (κ1) is 14.7. The molecule has 3 heterocycles. The fourth-order valence-corrected chi connectivity index (χ4v) is 2.22. The van der Waals surface area contributed by atoms with E-state index >= 15 is 0 Å². The maximum atomic E-state index is 12.3. The number of benzene rings is 1. The molecule has 3 aromatic heterocycles. The lowest BCUT2D eigenvalue weighted by molar-refractivity contribution is 0.0988. The summed E-state index contributed by atoms with van der Waals surface area (Å²) in [5.41, 5.74) is 2.42. The summed E-state index contributed by atoms with van der Waals surface area (Å²) < 4.78 is 6.61. The monoisotopic (exact) mass is 333 g/mol. The number of carbonyl (C=O) groups excluding carboxylic acids is 1. The molecular weight excluding hydrogens is 322 g/mol. The maximum absolute atomic E-state index is 12.3. The lowest BCUT2D eigenvalue weighted by Crippen LogP contribution is -2.11. The molecule has 25 heavy (non-hydrogen) atoms. The molecule has 0 saturated heterocycles. The van der Waals surface area contributed by atoms with Crippen molar-refractivity contribution in [3.05, 3.63) is 66.8 Å². The van der Waals surface area contributed by atoms with Gasteiger partial charge in [-0.1, -0.05) is 17.3 Å². The number of pyridine rings is 1. The number of carbonyl (C=O) groups is 1. The molecule has 0 bridgehead atoms. The number of anilines is 1. The fraction of sp³-hybridized carbons (Fsp3) is 0. The minimum absolute atomic E-state index is 0.0912. The summed E-state index contributed by atoms with van der Waals surface area (Å²) in [6, 6.07) is 14.1. The van der Waals surface area contributed by atoms with Crippen LogP contribution in [0.25, 0.3) is 17.1 Å². The van der Waals surface area contributed by atoms with E-state index in [4.69, 9.17) is 4.52 Å². The van der Waals surface area contributed by atoms with Crippen molar-refractivity contribution in [2.24, 2.45) is 0 Å². The Bertz CT molecular complexity index is 996. The van der Waals surface area contributed by atoms with Gasteiger partial charge in [0, 0.05) is 18.0 Å². The fourth-order valence-electron chi connectivity index (χ4n) is 2.22. The van der Waals surface area contributed by atoms with E-state index in [9.17, 15) is 4.79 Å². The maximum Gasteiger partial charge on any atom is 0.294 e. The van der Waals surface area contributed by atoms with Gasteiger partial charge in [-0.2, -0.15) is 0 Å². The smallest absolute Gasteiger partial charge is 0.294 e. The van der Waals surface area contributed by atoms with Crippen LogP contribution in [0.1, 0.15) is 10.6 Å². The van der Waals surface area contributed by atoms with E-state index in [1.54, 1.807) is 42.6 Å². The van der Waals surface area contributed by atoms with Crippen LogP contribution in [0.15, 0.2) is 65.6 Å². The second-order valence-corrected chi connectivity index (χ2v) is 5.05. The van der Waals surface area contributed by atoms with Gasteiger partial charge in [-0.25, -0.2) is 4.68 Å². The molecule has 0 aliphatic heterocycles. The van der Waals surface area contributed by atoms with E-state index in [0.29, 0.717) is 17.1 Å². The molecular formula is C16H11N7O2. The van der Waals surface area contributed by atoms with Gasteiger partial charge >= 0.3 is 0 Å². The summed E-state index contributed by atoms with van der Waals surface area (Å²) >= 11 is 0. The SMILES string of the molecule is O=C(Nc1cccc(-n2cnnn2)c1)c1cc(-c2ccccn2)no1. The number of rotatable bonds is 4. The van der Waals surface area contributed by atoms with Gasteiger partial charge in [-0.15, -0.1) is 5.10 Å². The van der Waals surface area contributed by atoms with Crippen LogP contribution in [0.3, 0.4) is 0 Å². The molecule has 0 saturated carbocycles. The quantitative estimate of drug-likeness (QED) is 0.607. The van der Waals surface area contributed by atoms with Crippen LogP contribution in [0.2, 0.25) is 0 Å². The highest BCUT2D eigenvalue weighted by Crippen LogP contribution is 2.18. The van der Waals surface area contributed by atoms with Gasteiger partial charge in [-0.05, 0) is 40.8 Å². The van der Waals surface area contributed by atoms with Crippen LogP contribution in [0.4, 0.5) is 5.69 Å². The van der Waals surface area contributed by atoms with Crippen LogP contribution in [0, 0.1) is 0 Å². The molecule has 0 spiro atoms. The molecule has 0 atom stereocenters. The first-order chi connectivity index (χ1) is 12.3. The van der Waals surface area contributed by atoms with E-state index < -0.39 is 5.91 Å². The number of nitrogens with zero attached hydrogens (tertiary/aromatic N) is 6. The van der Waals surface area contributed by atoms with Gasteiger partial charge in [-0.3, -0.25) is 9.78 Å². The zero-order valence-corrected chi connectivity index (χ0v) is 12.8. The third kappa shape index (κ3) is 3.11. The lowest BCUT2D eigenvalue weighted by atomic mass is 10.2. The lowest BCUT2D eigenvalue weighted by Gasteiger charge is -2.05. The molecule has 4 rings (SSSR count). The summed E-state index contributed by atoms with van der Waals surface area (Å²) in [5, 5.41) is 17.6. The first-order valence-corrected chi connectivity index (χ1v) is 7.32. The van der Waals surface area contributed by atoms with E-state index in [2.05, 4.69) is 31.0 Å². The molecule has 0 aliphatic carbocycles. The van der Waals surface area contributed by atoms with Crippen molar-refractivity contribution in [1.82, 2.24) is 30.3 Å². The van der Waals surface area contributed by atoms with Crippen molar-refractivity contribution in [2.45, 2.75) is 0 Å². The number of hydrogen-bond acceptors (Lipinski definition) is 7. The standard InChI is InChI=1S/C16H11N7O2/c24-16(15-9-14(20-25-15)13-6-1-2-7-17-13)19-11-4-3-5-12(8-11)23-10-18-21-22-23/h1-10H,(H,19,24). The van der Waals surface area contributed by atoms with Gasteiger partial charge in [0.05, 0.1) is 11.4 Å². The molecule has 122 valence electrons. The Morgan fingerprint density at radius 1 is 1.08 bits per heavy atom. The summed E-state index contributed by atoms with van der Waals surface area (Å²) in [4.78, 5) is 16.5. The molecule has 9 heteroatoms. The highest BCUT2D eigenvalue weighted by Gasteiger charge is 2.15. The van der Waals surface area contributed by atoms with Crippen LogP contribution < -0.4 is 5.32 Å². The molecule has 9 nitrogen and oxygen atoms in total. The average Bonchev–Trinajstić information content (AvgIpc) is 3.35. The van der Waals surface area contributed by atoms with E-state index in [1.807, 2.05) is 12.1 Å². The highest BCUT2D eigenvalue weighted by atomic mass is 16.5. The highest BCUT2D eigenvalue weighted by molar-refractivity contribution is 6.02. The first-order valence-electron chi connectivity index (χ1n) is 7.32. The van der Waals surface area contributed by atoms with Crippen molar-refractivity contribution in [3.63, 3.8) is 0 Å². The Balaban J connectivity index is 1.53. The third-order valence-electron chi connectivity index (χ3n) is 3.38.